The fourth-order valence-corrected chi connectivity index (χ4v) is 3.54. The third-order valence-electron chi connectivity index (χ3n) is 3.86. The predicted molar refractivity (Wildman–Crippen MR) is 71.0 cm³/mol. The Kier molecular flexibility index (Phi) is 3.31. The highest BCUT2D eigenvalue weighted by Crippen LogP contribution is 2.22. The molecular formula is C12H20N4S. The Bertz CT molecular complexity index is 372. The second-order valence-electron chi connectivity index (χ2n) is 5.10. The largest absolute Gasteiger partial charge is 0.375 e. The van der Waals surface area contributed by atoms with Crippen LogP contribution >= 0.6 is 11.3 Å². The maximum atomic E-state index is 5.66. The lowest BCUT2D eigenvalue weighted by Crippen LogP contribution is -2.35. The van der Waals surface area contributed by atoms with E-state index in [1.54, 1.807) is 11.3 Å². The maximum absolute atomic E-state index is 5.66. The first-order valence-corrected chi connectivity index (χ1v) is 7.35. The molecule has 1 atom stereocenters. The quantitative estimate of drug-likeness (QED) is 0.883. The Balaban J connectivity index is 1.53. The first-order valence-electron chi connectivity index (χ1n) is 6.47. The summed E-state index contributed by atoms with van der Waals surface area (Å²) in [5.74, 6) is 0. The minimum absolute atomic E-state index is 0.690. The van der Waals surface area contributed by atoms with Gasteiger partial charge in [0.1, 0.15) is 0 Å². The summed E-state index contributed by atoms with van der Waals surface area (Å²) >= 11 is 1.54. The molecule has 2 fully saturated rings. The number of nitrogens with zero attached hydrogens (tertiary/aromatic N) is 3. The summed E-state index contributed by atoms with van der Waals surface area (Å²) in [5.41, 5.74) is 6.79. The summed E-state index contributed by atoms with van der Waals surface area (Å²) in [6.07, 6.45) is 4.10. The fourth-order valence-electron chi connectivity index (χ4n) is 2.98. The molecule has 1 aromatic rings. The van der Waals surface area contributed by atoms with Crippen molar-refractivity contribution in [3.05, 3.63) is 11.1 Å². The van der Waals surface area contributed by atoms with Gasteiger partial charge in [0.2, 0.25) is 0 Å². The Morgan fingerprint density at radius 1 is 1.35 bits per heavy atom. The molecule has 0 amide bonds. The van der Waals surface area contributed by atoms with Crippen molar-refractivity contribution >= 4 is 16.5 Å². The smallest absolute Gasteiger partial charge is 0.180 e. The lowest BCUT2D eigenvalue weighted by molar-refractivity contribution is 0.229. The zero-order valence-electron chi connectivity index (χ0n) is 10.1. The summed E-state index contributed by atoms with van der Waals surface area (Å²) in [7, 11) is 0. The van der Waals surface area contributed by atoms with Crippen molar-refractivity contribution in [1.82, 2.24) is 14.8 Å². The van der Waals surface area contributed by atoms with E-state index in [1.165, 1.54) is 45.4 Å². The number of hydrogen-bond donors (Lipinski definition) is 1. The number of anilines is 1. The van der Waals surface area contributed by atoms with E-state index in [9.17, 15) is 0 Å². The number of aromatic nitrogens is 1. The number of rotatable bonds is 3. The van der Waals surface area contributed by atoms with E-state index < -0.39 is 0 Å². The highest BCUT2D eigenvalue weighted by atomic mass is 32.1. The zero-order valence-corrected chi connectivity index (χ0v) is 11.0. The molecule has 5 heteroatoms. The molecule has 3 rings (SSSR count). The molecule has 2 saturated heterocycles. The molecule has 0 bridgehead atoms. The number of hydrogen-bond acceptors (Lipinski definition) is 5. The van der Waals surface area contributed by atoms with Crippen LogP contribution in [-0.2, 0) is 6.54 Å². The van der Waals surface area contributed by atoms with Gasteiger partial charge >= 0.3 is 0 Å². The molecular weight excluding hydrogens is 232 g/mol. The fraction of sp³-hybridized carbons (Fsp3) is 0.750. The van der Waals surface area contributed by atoms with Gasteiger partial charge in [-0.25, -0.2) is 4.98 Å². The number of likely N-dealkylation sites (tertiary alicyclic amines) is 2. The minimum atomic E-state index is 0.690. The van der Waals surface area contributed by atoms with Crippen molar-refractivity contribution in [2.45, 2.75) is 31.8 Å². The van der Waals surface area contributed by atoms with Crippen molar-refractivity contribution in [2.75, 3.05) is 31.9 Å². The van der Waals surface area contributed by atoms with E-state index in [1.807, 2.05) is 0 Å². The van der Waals surface area contributed by atoms with E-state index in [0.717, 1.165) is 18.3 Å². The van der Waals surface area contributed by atoms with Gasteiger partial charge in [0.25, 0.3) is 0 Å². The van der Waals surface area contributed by atoms with Crippen LogP contribution in [0.4, 0.5) is 5.13 Å². The van der Waals surface area contributed by atoms with Crippen LogP contribution in [0.3, 0.4) is 0 Å². The predicted octanol–water partition coefficient (Wildman–Crippen LogP) is 1.40. The number of thiazole rings is 1. The monoisotopic (exact) mass is 252 g/mol. The van der Waals surface area contributed by atoms with Crippen molar-refractivity contribution in [3.63, 3.8) is 0 Å². The van der Waals surface area contributed by atoms with Gasteiger partial charge in [0.05, 0.1) is 5.69 Å². The summed E-state index contributed by atoms with van der Waals surface area (Å²) in [4.78, 5) is 9.51. The number of nitrogens with two attached hydrogens (primary N) is 1. The van der Waals surface area contributed by atoms with Crippen LogP contribution in [-0.4, -0.2) is 47.0 Å². The highest BCUT2D eigenvalue weighted by molar-refractivity contribution is 7.13. The lowest BCUT2D eigenvalue weighted by atomic mass is 10.2. The maximum Gasteiger partial charge on any atom is 0.180 e. The Morgan fingerprint density at radius 3 is 2.88 bits per heavy atom. The lowest BCUT2D eigenvalue weighted by Gasteiger charge is -2.23. The topological polar surface area (TPSA) is 45.4 Å². The van der Waals surface area contributed by atoms with Crippen LogP contribution < -0.4 is 5.73 Å². The van der Waals surface area contributed by atoms with Crippen LogP contribution in [0.15, 0.2) is 5.38 Å². The van der Waals surface area contributed by atoms with Crippen LogP contribution in [0.1, 0.15) is 25.0 Å². The standard InChI is InChI=1S/C12H20N4S/c13-12-14-10(9-17-12)7-15-6-3-11(8-15)16-4-1-2-5-16/h9,11H,1-8H2,(H2,13,14). The molecule has 4 nitrogen and oxygen atoms in total. The van der Waals surface area contributed by atoms with Crippen LogP contribution in [0.2, 0.25) is 0 Å². The molecule has 0 radical (unpaired) electrons. The third kappa shape index (κ3) is 2.61. The third-order valence-corrected chi connectivity index (χ3v) is 4.58. The van der Waals surface area contributed by atoms with Crippen molar-refractivity contribution in [2.24, 2.45) is 0 Å². The molecule has 0 spiro atoms. The van der Waals surface area contributed by atoms with Crippen LogP contribution in [0.5, 0.6) is 0 Å². The van der Waals surface area contributed by atoms with Crippen molar-refractivity contribution < 1.29 is 0 Å². The molecule has 1 unspecified atom stereocenters. The van der Waals surface area contributed by atoms with E-state index in [2.05, 4.69) is 20.2 Å². The minimum Gasteiger partial charge on any atom is -0.375 e. The van der Waals surface area contributed by atoms with Crippen LogP contribution in [0.25, 0.3) is 0 Å². The average molecular weight is 252 g/mol. The summed E-state index contributed by atoms with van der Waals surface area (Å²) in [6, 6.07) is 0.786. The van der Waals surface area contributed by atoms with Gasteiger partial charge in [0, 0.05) is 31.1 Å². The second-order valence-corrected chi connectivity index (χ2v) is 5.99. The molecule has 2 aliphatic heterocycles. The molecule has 94 valence electrons. The van der Waals surface area contributed by atoms with Gasteiger partial charge in [-0.1, -0.05) is 0 Å². The van der Waals surface area contributed by atoms with Crippen LogP contribution in [0, 0.1) is 0 Å². The summed E-state index contributed by atoms with van der Waals surface area (Å²) in [5, 5.41) is 2.77. The average Bonchev–Trinajstić information content (AvgIpc) is 3.00. The Morgan fingerprint density at radius 2 is 2.18 bits per heavy atom. The highest BCUT2D eigenvalue weighted by Gasteiger charge is 2.29. The zero-order chi connectivity index (χ0) is 11.7. The Labute approximate surface area is 106 Å². The van der Waals surface area contributed by atoms with E-state index in [-0.39, 0.29) is 0 Å². The van der Waals surface area contributed by atoms with Gasteiger partial charge in [-0.3, -0.25) is 9.80 Å². The van der Waals surface area contributed by atoms with Gasteiger partial charge in [-0.15, -0.1) is 11.3 Å². The van der Waals surface area contributed by atoms with E-state index in [0.29, 0.717) is 5.13 Å². The normalized spacial score (nSPS) is 26.9. The molecule has 1 aromatic heterocycles. The molecule has 3 heterocycles. The van der Waals surface area contributed by atoms with Gasteiger partial charge in [0.15, 0.2) is 5.13 Å². The first-order chi connectivity index (χ1) is 8.31. The van der Waals surface area contributed by atoms with Crippen molar-refractivity contribution in [3.8, 4) is 0 Å². The van der Waals surface area contributed by atoms with Gasteiger partial charge in [-0.05, 0) is 32.4 Å². The molecule has 0 aliphatic carbocycles. The molecule has 2 aliphatic rings. The molecule has 2 N–H and O–H groups in total. The summed E-state index contributed by atoms with van der Waals surface area (Å²) < 4.78 is 0. The van der Waals surface area contributed by atoms with Gasteiger partial charge < -0.3 is 5.73 Å². The molecule has 0 aromatic carbocycles. The van der Waals surface area contributed by atoms with E-state index in [4.69, 9.17) is 5.73 Å². The first kappa shape index (κ1) is 11.4. The van der Waals surface area contributed by atoms with Gasteiger partial charge in [-0.2, -0.15) is 0 Å². The van der Waals surface area contributed by atoms with Crippen molar-refractivity contribution in [1.29, 1.82) is 0 Å². The SMILES string of the molecule is Nc1nc(CN2CCC(N3CCCC3)C2)cs1. The van der Waals surface area contributed by atoms with E-state index >= 15 is 0 Å². The number of nitrogen functional groups attached to an aromatic ring is 1. The second kappa shape index (κ2) is 4.92. The molecule has 0 saturated carbocycles. The molecule has 17 heavy (non-hydrogen) atoms. The summed E-state index contributed by atoms with van der Waals surface area (Å²) in [6.45, 7) is 6.00. The Hall–Kier alpha value is -0.650.